The van der Waals surface area contributed by atoms with Crippen molar-refractivity contribution in [3.05, 3.63) is 71.6 Å². The molecule has 0 unspecified atom stereocenters. The smallest absolute Gasteiger partial charge is 0.271 e. The number of benzene rings is 2. The second-order valence-electron chi connectivity index (χ2n) is 6.66. The summed E-state index contributed by atoms with van der Waals surface area (Å²) >= 11 is 1.11. The van der Waals surface area contributed by atoms with Crippen LogP contribution >= 0.6 is 11.3 Å². The molecule has 3 aromatic rings. The summed E-state index contributed by atoms with van der Waals surface area (Å²) in [6.07, 6.45) is 3.89. The number of para-hydroxylation sites is 2. The molecular weight excluding hydrogens is 448 g/mol. The van der Waals surface area contributed by atoms with Crippen LogP contribution in [-0.4, -0.2) is 28.0 Å². The lowest BCUT2D eigenvalue weighted by molar-refractivity contribution is -0.111. The third-order valence-electron chi connectivity index (χ3n) is 4.27. The molecule has 0 spiro atoms. The van der Waals surface area contributed by atoms with Gasteiger partial charge in [0, 0.05) is 6.08 Å². The Balaban J connectivity index is 1.71. The topological polar surface area (TPSA) is 93.7 Å². The van der Waals surface area contributed by atoms with Gasteiger partial charge < -0.3 is 14.8 Å². The number of sulfonamides is 1. The number of rotatable bonds is 10. The number of anilines is 2. The van der Waals surface area contributed by atoms with Gasteiger partial charge in [0.15, 0.2) is 11.5 Å². The highest BCUT2D eigenvalue weighted by Crippen LogP contribution is 2.29. The van der Waals surface area contributed by atoms with E-state index in [1.54, 1.807) is 61.0 Å². The van der Waals surface area contributed by atoms with Gasteiger partial charge in [-0.25, -0.2) is 8.42 Å². The minimum atomic E-state index is -3.73. The monoisotopic (exact) mass is 472 g/mol. The summed E-state index contributed by atoms with van der Waals surface area (Å²) in [5.74, 6) is 0.815. The Hall–Kier alpha value is -3.30. The van der Waals surface area contributed by atoms with Gasteiger partial charge in [-0.05, 0) is 53.8 Å². The first kappa shape index (κ1) is 23.4. The number of thiophene rings is 1. The zero-order valence-corrected chi connectivity index (χ0v) is 19.3. The number of amides is 1. The summed E-state index contributed by atoms with van der Waals surface area (Å²) in [6, 6.07) is 15.2. The van der Waals surface area contributed by atoms with E-state index in [1.807, 2.05) is 13.0 Å². The number of ether oxygens (including phenoxy) is 2. The number of hydrogen-bond donors (Lipinski definition) is 2. The lowest BCUT2D eigenvalue weighted by Gasteiger charge is -2.12. The van der Waals surface area contributed by atoms with Crippen molar-refractivity contribution in [3.63, 3.8) is 0 Å². The summed E-state index contributed by atoms with van der Waals surface area (Å²) in [5.41, 5.74) is 1.39. The Kier molecular flexibility index (Phi) is 7.91. The lowest BCUT2D eigenvalue weighted by atomic mass is 10.2. The highest BCUT2D eigenvalue weighted by Gasteiger charge is 2.17. The highest BCUT2D eigenvalue weighted by molar-refractivity contribution is 7.94. The Morgan fingerprint density at radius 3 is 2.53 bits per heavy atom. The molecule has 0 fully saturated rings. The third-order valence-corrected chi connectivity index (χ3v) is 7.03. The predicted octanol–water partition coefficient (Wildman–Crippen LogP) is 5.00. The minimum Gasteiger partial charge on any atom is -0.493 e. The van der Waals surface area contributed by atoms with Crippen molar-refractivity contribution in [2.75, 3.05) is 23.8 Å². The second-order valence-corrected chi connectivity index (χ2v) is 9.52. The molecule has 1 heterocycles. The van der Waals surface area contributed by atoms with Crippen molar-refractivity contribution in [3.8, 4) is 11.5 Å². The van der Waals surface area contributed by atoms with Crippen LogP contribution in [0.5, 0.6) is 11.5 Å². The number of hydrogen-bond acceptors (Lipinski definition) is 6. The average Bonchev–Trinajstić information content (AvgIpc) is 3.34. The molecule has 0 aliphatic rings. The van der Waals surface area contributed by atoms with Crippen molar-refractivity contribution in [2.45, 2.75) is 17.6 Å². The van der Waals surface area contributed by atoms with Crippen molar-refractivity contribution < 1.29 is 22.7 Å². The fraction of sp³-hybridized carbons (Fsp3) is 0.174. The van der Waals surface area contributed by atoms with Gasteiger partial charge in [-0.2, -0.15) is 0 Å². The van der Waals surface area contributed by atoms with Gasteiger partial charge in [-0.15, -0.1) is 11.3 Å². The highest BCUT2D eigenvalue weighted by atomic mass is 32.2. The number of carbonyl (C=O) groups excluding carboxylic acids is 1. The normalized spacial score (nSPS) is 11.3. The Morgan fingerprint density at radius 2 is 1.84 bits per heavy atom. The number of methoxy groups -OCH3 is 1. The fourth-order valence-corrected chi connectivity index (χ4v) is 4.83. The molecule has 1 aromatic heterocycles. The van der Waals surface area contributed by atoms with Gasteiger partial charge in [0.1, 0.15) is 4.21 Å². The molecule has 0 saturated heterocycles. The molecule has 0 bridgehead atoms. The van der Waals surface area contributed by atoms with Crippen molar-refractivity contribution in [1.29, 1.82) is 0 Å². The molecule has 0 saturated carbocycles. The van der Waals surface area contributed by atoms with Crippen LogP contribution in [0.4, 0.5) is 11.4 Å². The fourth-order valence-electron chi connectivity index (χ4n) is 2.76. The summed E-state index contributed by atoms with van der Waals surface area (Å²) in [5, 5.41) is 4.40. The molecule has 1 amide bonds. The molecule has 9 heteroatoms. The molecule has 0 aliphatic heterocycles. The lowest BCUT2D eigenvalue weighted by Crippen LogP contribution is -2.15. The van der Waals surface area contributed by atoms with Gasteiger partial charge in [0.2, 0.25) is 5.91 Å². The van der Waals surface area contributed by atoms with E-state index in [0.717, 1.165) is 23.3 Å². The van der Waals surface area contributed by atoms with E-state index < -0.39 is 15.9 Å². The Labute approximate surface area is 191 Å². The molecule has 168 valence electrons. The second kappa shape index (κ2) is 10.8. The standard InChI is InChI=1S/C23H24N2O5S2/c1-3-14-30-20-12-10-17(16-21(20)29-2)11-13-22(26)24-18-7-4-5-8-19(18)25-32(27,28)23-9-6-15-31-23/h4-13,15-16,25H,3,14H2,1-2H3,(H,24,26)/b13-11+. The van der Waals surface area contributed by atoms with Crippen LogP contribution in [0.15, 0.2) is 70.3 Å². The van der Waals surface area contributed by atoms with E-state index in [4.69, 9.17) is 9.47 Å². The van der Waals surface area contributed by atoms with Crippen LogP contribution in [0.25, 0.3) is 6.08 Å². The molecule has 7 nitrogen and oxygen atoms in total. The van der Waals surface area contributed by atoms with Gasteiger partial charge in [-0.3, -0.25) is 9.52 Å². The summed E-state index contributed by atoms with van der Waals surface area (Å²) in [7, 11) is -2.17. The maximum Gasteiger partial charge on any atom is 0.271 e. The van der Waals surface area contributed by atoms with E-state index in [-0.39, 0.29) is 9.90 Å². The predicted molar refractivity (Wildman–Crippen MR) is 128 cm³/mol. The van der Waals surface area contributed by atoms with Crippen LogP contribution < -0.4 is 19.5 Å². The SMILES string of the molecule is CCCOc1ccc(/C=C/C(=O)Nc2ccccc2NS(=O)(=O)c2cccs2)cc1OC. The van der Waals surface area contributed by atoms with Crippen LogP contribution in [0.1, 0.15) is 18.9 Å². The summed E-state index contributed by atoms with van der Waals surface area (Å²) in [4.78, 5) is 12.5. The van der Waals surface area contributed by atoms with Crippen molar-refractivity contribution in [1.82, 2.24) is 0 Å². The van der Waals surface area contributed by atoms with Gasteiger partial charge in [0.25, 0.3) is 10.0 Å². The maximum absolute atomic E-state index is 12.5. The Bertz CT molecular complexity index is 1190. The Morgan fingerprint density at radius 1 is 1.06 bits per heavy atom. The van der Waals surface area contributed by atoms with E-state index >= 15 is 0 Å². The minimum absolute atomic E-state index is 0.193. The molecule has 2 N–H and O–H groups in total. The van der Waals surface area contributed by atoms with Gasteiger partial charge >= 0.3 is 0 Å². The quantitative estimate of drug-likeness (QED) is 0.405. The summed E-state index contributed by atoms with van der Waals surface area (Å²) in [6.45, 7) is 2.61. The van der Waals surface area contributed by atoms with E-state index in [0.29, 0.717) is 23.8 Å². The largest absolute Gasteiger partial charge is 0.493 e. The maximum atomic E-state index is 12.5. The molecule has 0 atom stereocenters. The molecule has 2 aromatic carbocycles. The molecule has 0 radical (unpaired) electrons. The first-order valence-corrected chi connectivity index (χ1v) is 12.2. The molecular formula is C23H24N2O5S2. The van der Waals surface area contributed by atoms with Crippen LogP contribution in [0.2, 0.25) is 0 Å². The van der Waals surface area contributed by atoms with E-state index in [1.165, 1.54) is 12.1 Å². The van der Waals surface area contributed by atoms with E-state index in [9.17, 15) is 13.2 Å². The van der Waals surface area contributed by atoms with Crippen LogP contribution in [0.3, 0.4) is 0 Å². The molecule has 0 aliphatic carbocycles. The average molecular weight is 473 g/mol. The van der Waals surface area contributed by atoms with Crippen LogP contribution in [0, 0.1) is 0 Å². The van der Waals surface area contributed by atoms with Crippen LogP contribution in [-0.2, 0) is 14.8 Å². The number of carbonyl (C=O) groups is 1. The molecule has 3 rings (SSSR count). The third kappa shape index (κ3) is 6.12. The number of nitrogens with one attached hydrogen (secondary N) is 2. The van der Waals surface area contributed by atoms with Crippen molar-refractivity contribution in [2.24, 2.45) is 0 Å². The van der Waals surface area contributed by atoms with Gasteiger partial charge in [-0.1, -0.05) is 31.2 Å². The zero-order valence-electron chi connectivity index (χ0n) is 17.7. The van der Waals surface area contributed by atoms with Crippen molar-refractivity contribution >= 4 is 44.7 Å². The first-order valence-electron chi connectivity index (χ1n) is 9.88. The first-order chi connectivity index (χ1) is 15.4. The molecule has 32 heavy (non-hydrogen) atoms. The summed E-state index contributed by atoms with van der Waals surface area (Å²) < 4.78 is 38.7. The van der Waals surface area contributed by atoms with Gasteiger partial charge in [0.05, 0.1) is 25.1 Å². The zero-order chi connectivity index (χ0) is 23.0. The van der Waals surface area contributed by atoms with E-state index in [2.05, 4.69) is 10.0 Å².